The molecule has 2 aliphatic heterocycles. The van der Waals surface area contributed by atoms with Gasteiger partial charge in [0.2, 0.25) is 0 Å². The van der Waals surface area contributed by atoms with E-state index in [1.807, 2.05) is 0 Å². The quantitative estimate of drug-likeness (QED) is 0.191. The van der Waals surface area contributed by atoms with Crippen molar-refractivity contribution in [3.8, 4) is 39.3 Å². The second kappa shape index (κ2) is 12.7. The summed E-state index contributed by atoms with van der Waals surface area (Å²) < 4.78 is 2.39. The van der Waals surface area contributed by atoms with Gasteiger partial charge in [-0.1, -0.05) is 182 Å². The third-order valence-electron chi connectivity index (χ3n) is 12.3. The first-order chi connectivity index (χ1) is 28.8. The lowest BCUT2D eigenvalue weighted by molar-refractivity contribution is 0.664. The first-order valence-electron chi connectivity index (χ1n) is 19.9. The van der Waals surface area contributed by atoms with Gasteiger partial charge < -0.3 is 5.32 Å². The van der Waals surface area contributed by atoms with Gasteiger partial charge in [-0.05, 0) is 79.9 Å². The second-order valence-corrected chi connectivity index (χ2v) is 15.4. The Morgan fingerprint density at radius 2 is 1.07 bits per heavy atom. The molecule has 0 fully saturated rings. The molecule has 0 saturated heterocycles. The van der Waals surface area contributed by atoms with Crippen LogP contribution in [0, 0.1) is 0 Å². The van der Waals surface area contributed by atoms with Crippen LogP contribution < -0.4 is 5.32 Å². The number of nitrogens with zero attached hydrogens (tertiary/aromatic N) is 3. The van der Waals surface area contributed by atoms with Crippen LogP contribution in [0.25, 0.3) is 56.1 Å². The third kappa shape index (κ3) is 4.75. The number of rotatable bonds is 5. The van der Waals surface area contributed by atoms with Gasteiger partial charge in [-0.25, -0.2) is 4.98 Å². The zero-order valence-electron chi connectivity index (χ0n) is 31.5. The monoisotopic (exact) mass is 740 g/mol. The summed E-state index contributed by atoms with van der Waals surface area (Å²) in [4.78, 5) is 10.8. The summed E-state index contributed by atoms with van der Waals surface area (Å²) in [5.74, 6) is 0.955. The van der Waals surface area contributed by atoms with Gasteiger partial charge in [-0.3, -0.25) is 9.56 Å². The van der Waals surface area contributed by atoms with Gasteiger partial charge in [0.25, 0.3) is 0 Å². The van der Waals surface area contributed by atoms with Crippen LogP contribution in [0.4, 0.5) is 0 Å². The number of para-hydroxylation sites is 2. The van der Waals surface area contributed by atoms with E-state index >= 15 is 0 Å². The molecule has 12 rings (SSSR count). The molecule has 0 radical (unpaired) electrons. The molecule has 0 bridgehead atoms. The van der Waals surface area contributed by atoms with E-state index < -0.39 is 5.41 Å². The summed E-state index contributed by atoms with van der Waals surface area (Å²) in [6.07, 6.45) is 1.98. The average molecular weight is 741 g/mol. The number of hydrogen-bond acceptors (Lipinski definition) is 3. The Morgan fingerprint density at radius 1 is 0.466 bits per heavy atom. The number of hydrogen-bond donors (Lipinski definition) is 1. The van der Waals surface area contributed by atoms with E-state index in [1.54, 1.807) is 0 Å². The Hall–Kier alpha value is -7.56. The van der Waals surface area contributed by atoms with E-state index in [-0.39, 0.29) is 6.17 Å². The van der Waals surface area contributed by atoms with Gasteiger partial charge in [-0.2, -0.15) is 0 Å². The van der Waals surface area contributed by atoms with Crippen molar-refractivity contribution in [2.24, 2.45) is 4.99 Å². The summed E-state index contributed by atoms with van der Waals surface area (Å²) in [7, 11) is 0. The predicted molar refractivity (Wildman–Crippen MR) is 236 cm³/mol. The highest BCUT2D eigenvalue weighted by molar-refractivity contribution is 6.14. The fourth-order valence-corrected chi connectivity index (χ4v) is 9.72. The highest BCUT2D eigenvalue weighted by Crippen LogP contribution is 2.60. The van der Waals surface area contributed by atoms with Crippen LogP contribution in [0.2, 0.25) is 0 Å². The van der Waals surface area contributed by atoms with Crippen molar-refractivity contribution < 1.29 is 0 Å². The molecule has 1 aromatic heterocycles. The molecule has 0 amide bonds. The SMILES string of the molecule is C1=C(c2ccc(-c3ccccc3)cc2)NC(c2ccccc2)N=C1c1ccc2c(c1)C1(c3ccccc3-2)c2ccccc2-n2c(-c3ccccc3)nc3cccc1c32. The highest BCUT2D eigenvalue weighted by Gasteiger charge is 2.51. The Balaban J connectivity index is 1.08. The molecule has 58 heavy (non-hydrogen) atoms. The van der Waals surface area contributed by atoms with E-state index in [1.165, 1.54) is 44.5 Å². The topological polar surface area (TPSA) is 42.2 Å². The lowest BCUT2D eigenvalue weighted by atomic mass is 9.65. The van der Waals surface area contributed by atoms with Crippen molar-refractivity contribution in [1.29, 1.82) is 0 Å². The maximum absolute atomic E-state index is 5.44. The molecule has 272 valence electrons. The van der Waals surface area contributed by atoms with E-state index in [9.17, 15) is 0 Å². The van der Waals surface area contributed by atoms with Crippen molar-refractivity contribution in [3.63, 3.8) is 0 Å². The lowest BCUT2D eigenvalue weighted by Crippen LogP contribution is -2.33. The summed E-state index contributed by atoms with van der Waals surface area (Å²) in [5, 5.41) is 3.79. The molecule has 2 unspecified atom stereocenters. The molecule has 3 heterocycles. The van der Waals surface area contributed by atoms with Gasteiger partial charge in [0.15, 0.2) is 0 Å². The van der Waals surface area contributed by atoms with Crippen LogP contribution in [-0.2, 0) is 5.41 Å². The normalized spacial score (nSPS) is 17.2. The average Bonchev–Trinajstić information content (AvgIpc) is 3.84. The first-order valence-corrected chi connectivity index (χ1v) is 19.9. The molecule has 0 saturated carbocycles. The van der Waals surface area contributed by atoms with Gasteiger partial charge >= 0.3 is 0 Å². The van der Waals surface area contributed by atoms with Crippen LogP contribution in [0.3, 0.4) is 0 Å². The molecule has 9 aromatic rings. The maximum atomic E-state index is 5.44. The summed E-state index contributed by atoms with van der Waals surface area (Å²) >= 11 is 0. The smallest absolute Gasteiger partial charge is 0.145 e. The zero-order chi connectivity index (χ0) is 38.2. The molecule has 1 spiro atoms. The molecule has 1 aliphatic carbocycles. The molecule has 4 heteroatoms. The summed E-state index contributed by atoms with van der Waals surface area (Å²) in [5.41, 5.74) is 19.1. The largest absolute Gasteiger partial charge is 0.360 e. The maximum Gasteiger partial charge on any atom is 0.145 e. The fourth-order valence-electron chi connectivity index (χ4n) is 9.72. The number of benzene rings is 8. The number of allylic oxidation sites excluding steroid dienone is 1. The predicted octanol–water partition coefficient (Wildman–Crippen LogP) is 12.2. The highest BCUT2D eigenvalue weighted by atomic mass is 15.1. The van der Waals surface area contributed by atoms with E-state index in [0.29, 0.717) is 0 Å². The molecule has 1 N–H and O–H groups in total. The molecule has 3 aliphatic rings. The fraction of sp³-hybridized carbons (Fsp3) is 0.0370. The van der Waals surface area contributed by atoms with Gasteiger partial charge in [0, 0.05) is 16.8 Å². The molecule has 2 atom stereocenters. The number of aromatic nitrogens is 2. The summed E-state index contributed by atoms with van der Waals surface area (Å²) in [6, 6.07) is 72.1. The number of nitrogens with one attached hydrogen (secondary N) is 1. The van der Waals surface area contributed by atoms with Crippen LogP contribution >= 0.6 is 0 Å². The zero-order valence-corrected chi connectivity index (χ0v) is 31.5. The first kappa shape index (κ1) is 32.7. The van der Waals surface area contributed by atoms with Crippen LogP contribution in [0.15, 0.2) is 211 Å². The minimum atomic E-state index is -0.575. The number of aliphatic imine (C=N–C) groups is 1. The number of imidazole rings is 1. The van der Waals surface area contributed by atoms with Crippen LogP contribution in [0.5, 0.6) is 0 Å². The minimum absolute atomic E-state index is 0.251. The van der Waals surface area contributed by atoms with Gasteiger partial charge in [0.1, 0.15) is 12.0 Å². The van der Waals surface area contributed by atoms with Crippen molar-refractivity contribution in [2.75, 3.05) is 0 Å². The Labute approximate surface area is 337 Å². The van der Waals surface area contributed by atoms with Gasteiger partial charge in [-0.15, -0.1) is 0 Å². The van der Waals surface area contributed by atoms with Crippen molar-refractivity contribution in [1.82, 2.24) is 14.9 Å². The van der Waals surface area contributed by atoms with Crippen molar-refractivity contribution in [3.05, 3.63) is 245 Å². The second-order valence-electron chi connectivity index (χ2n) is 15.4. The Morgan fingerprint density at radius 3 is 1.86 bits per heavy atom. The number of fused-ring (bicyclic) bond motifs is 9. The van der Waals surface area contributed by atoms with E-state index in [2.05, 4.69) is 216 Å². The molecule has 4 nitrogen and oxygen atoms in total. The molecular weight excluding hydrogens is 705 g/mol. The molecule has 8 aromatic carbocycles. The van der Waals surface area contributed by atoms with Gasteiger partial charge in [0.05, 0.1) is 27.8 Å². The molecular formula is C54H36N4. The van der Waals surface area contributed by atoms with E-state index in [0.717, 1.165) is 56.2 Å². The van der Waals surface area contributed by atoms with Crippen molar-refractivity contribution in [2.45, 2.75) is 11.6 Å². The Kier molecular flexibility index (Phi) is 7.17. The van der Waals surface area contributed by atoms with E-state index in [4.69, 9.17) is 9.98 Å². The van der Waals surface area contributed by atoms with Crippen LogP contribution in [-0.4, -0.2) is 15.3 Å². The van der Waals surface area contributed by atoms with Crippen molar-refractivity contribution >= 4 is 22.4 Å². The van der Waals surface area contributed by atoms with Crippen LogP contribution in [0.1, 0.15) is 45.1 Å². The lowest BCUT2D eigenvalue weighted by Gasteiger charge is -2.39. The standard InChI is InChI=1S/C54H36N4/c1-4-15-35(16-5-1)36-27-29-37(30-28-36)48-34-49(56-52(55-48)38-17-6-2-7-18-38)40-31-32-42-41-21-10-11-22-43(41)54(46(42)33-40)44-23-12-13-26-50(44)58-51-45(54)24-14-25-47(51)57-53(58)39-19-8-3-9-20-39/h1-34,52,55H. The Bertz CT molecular complexity index is 3120. The summed E-state index contributed by atoms with van der Waals surface area (Å²) in [6.45, 7) is 0. The third-order valence-corrected chi connectivity index (χ3v) is 12.3. The minimum Gasteiger partial charge on any atom is -0.360 e.